The number of aromatic nitrogens is 2. The number of nitrogens with zero attached hydrogens (tertiary/aromatic N) is 2. The Morgan fingerprint density at radius 3 is 2.38 bits per heavy atom. The summed E-state index contributed by atoms with van der Waals surface area (Å²) in [6.07, 6.45) is 0. The highest BCUT2D eigenvalue weighted by atomic mass is 32.2. The summed E-state index contributed by atoms with van der Waals surface area (Å²) in [7, 11) is -3.85. The number of aliphatic hydroxyl groups is 1. The predicted molar refractivity (Wildman–Crippen MR) is 130 cm³/mol. The van der Waals surface area contributed by atoms with E-state index in [4.69, 9.17) is 0 Å². The van der Waals surface area contributed by atoms with E-state index in [1.807, 2.05) is 37.3 Å². The van der Waals surface area contributed by atoms with E-state index in [9.17, 15) is 13.5 Å². The highest BCUT2D eigenvalue weighted by Gasteiger charge is 2.17. The van der Waals surface area contributed by atoms with Crippen molar-refractivity contribution in [1.82, 2.24) is 9.97 Å². The number of anilines is 2. The average Bonchev–Trinajstić information content (AvgIpc) is 2.78. The number of allylic oxidation sites excluding steroid dienone is 1. The second-order valence-electron chi connectivity index (χ2n) is 7.33. The molecular formula is C23H26N4O3S2. The predicted octanol–water partition coefficient (Wildman–Crippen LogP) is 4.40. The lowest BCUT2D eigenvalue weighted by atomic mass is 10.1. The van der Waals surface area contributed by atoms with E-state index < -0.39 is 10.0 Å². The van der Waals surface area contributed by atoms with E-state index in [1.165, 1.54) is 30.0 Å². The molecule has 0 amide bonds. The van der Waals surface area contributed by atoms with Crippen molar-refractivity contribution in [3.8, 4) is 0 Å². The van der Waals surface area contributed by atoms with Gasteiger partial charge in [0.1, 0.15) is 11.6 Å². The van der Waals surface area contributed by atoms with Crippen molar-refractivity contribution in [2.75, 3.05) is 16.6 Å². The van der Waals surface area contributed by atoms with Gasteiger partial charge in [-0.3, -0.25) is 4.72 Å². The third-order valence-corrected chi connectivity index (χ3v) is 6.77. The van der Waals surface area contributed by atoms with E-state index >= 15 is 0 Å². The summed E-state index contributed by atoms with van der Waals surface area (Å²) in [5.74, 6) is 1.20. The number of nitrogens with one attached hydrogen (secondary N) is 2. The third-order valence-electron chi connectivity index (χ3n) is 4.48. The van der Waals surface area contributed by atoms with Gasteiger partial charge in [0.15, 0.2) is 5.16 Å². The fraction of sp³-hybridized carbons (Fsp3) is 0.217. The monoisotopic (exact) mass is 470 g/mol. The van der Waals surface area contributed by atoms with E-state index in [1.54, 1.807) is 19.1 Å². The Balaban J connectivity index is 1.85. The molecule has 0 spiro atoms. The van der Waals surface area contributed by atoms with Gasteiger partial charge in [-0.1, -0.05) is 66.4 Å². The summed E-state index contributed by atoms with van der Waals surface area (Å²) in [5, 5.41) is 12.8. The first-order valence-electron chi connectivity index (χ1n) is 9.99. The third kappa shape index (κ3) is 6.56. The molecule has 3 rings (SSSR count). The summed E-state index contributed by atoms with van der Waals surface area (Å²) < 4.78 is 28.3. The maximum atomic E-state index is 12.9. The summed E-state index contributed by atoms with van der Waals surface area (Å²) >= 11 is 1.39. The number of benzene rings is 2. The molecule has 0 aliphatic heterocycles. The fourth-order valence-corrected chi connectivity index (χ4v) is 4.56. The molecule has 2 aromatic carbocycles. The molecule has 0 fully saturated rings. The van der Waals surface area contributed by atoms with Crippen LogP contribution in [0.4, 0.5) is 11.6 Å². The average molecular weight is 471 g/mol. The van der Waals surface area contributed by atoms with Crippen LogP contribution in [0.25, 0.3) is 5.57 Å². The largest absolute Gasteiger partial charge is 0.394 e. The highest BCUT2D eigenvalue weighted by Crippen LogP contribution is 2.25. The van der Waals surface area contributed by atoms with Gasteiger partial charge in [-0.15, -0.1) is 0 Å². The molecule has 0 saturated carbocycles. The number of rotatable bonds is 10. The molecule has 1 aromatic heterocycles. The minimum absolute atomic E-state index is 0.0907. The zero-order chi connectivity index (χ0) is 23.1. The molecule has 3 aromatic rings. The van der Waals surface area contributed by atoms with Crippen molar-refractivity contribution >= 4 is 39.0 Å². The first-order valence-corrected chi connectivity index (χ1v) is 12.5. The van der Waals surface area contributed by atoms with Crippen LogP contribution in [0.3, 0.4) is 0 Å². The Morgan fingerprint density at radius 1 is 1.09 bits per heavy atom. The summed E-state index contributed by atoms with van der Waals surface area (Å²) in [4.78, 5) is 8.96. The fourth-order valence-electron chi connectivity index (χ4n) is 2.75. The zero-order valence-corrected chi connectivity index (χ0v) is 19.6. The van der Waals surface area contributed by atoms with Gasteiger partial charge in [0, 0.05) is 17.9 Å². The van der Waals surface area contributed by atoms with E-state index in [0.717, 1.165) is 16.7 Å². The molecule has 0 radical (unpaired) electrons. The van der Waals surface area contributed by atoms with Crippen LogP contribution in [0, 0.1) is 0 Å². The van der Waals surface area contributed by atoms with Crippen LogP contribution in [0.2, 0.25) is 0 Å². The van der Waals surface area contributed by atoms with Crippen molar-refractivity contribution in [3.63, 3.8) is 0 Å². The van der Waals surface area contributed by atoms with E-state index in [2.05, 4.69) is 26.6 Å². The van der Waals surface area contributed by atoms with Crippen molar-refractivity contribution in [3.05, 3.63) is 78.4 Å². The molecule has 168 valence electrons. The zero-order valence-electron chi connectivity index (χ0n) is 17.9. The first kappa shape index (κ1) is 23.8. The lowest BCUT2D eigenvalue weighted by Gasteiger charge is -2.14. The maximum Gasteiger partial charge on any atom is 0.263 e. The molecular weight excluding hydrogens is 444 g/mol. The van der Waals surface area contributed by atoms with Gasteiger partial charge in [0.2, 0.25) is 0 Å². The molecule has 1 atom stereocenters. The summed E-state index contributed by atoms with van der Waals surface area (Å²) in [6, 6.07) is 17.6. The molecule has 1 heterocycles. The topological polar surface area (TPSA) is 104 Å². The van der Waals surface area contributed by atoms with Crippen molar-refractivity contribution in [2.24, 2.45) is 0 Å². The van der Waals surface area contributed by atoms with Crippen LogP contribution in [0.5, 0.6) is 0 Å². The van der Waals surface area contributed by atoms with Crippen LogP contribution in [0.15, 0.2) is 77.3 Å². The van der Waals surface area contributed by atoms with Crippen LogP contribution in [-0.4, -0.2) is 36.1 Å². The molecule has 3 N–H and O–H groups in total. The van der Waals surface area contributed by atoms with Crippen LogP contribution in [0.1, 0.15) is 25.0 Å². The standard InChI is InChI=1S/C23H26N4O3S2/c1-16(2)19-9-11-20(12-10-19)32(29,30)27-22-13-21(24-17(3)14-28)25-23(26-22)31-15-18-7-5-4-6-8-18/h4-13,17,28H,1,14-15H2,2-3H3,(H2,24,25,26,27)/t17-/m1/s1. The van der Waals surface area contributed by atoms with E-state index in [-0.39, 0.29) is 23.4 Å². The normalized spacial score (nSPS) is 12.2. The highest BCUT2D eigenvalue weighted by molar-refractivity contribution is 7.98. The van der Waals surface area contributed by atoms with Gasteiger partial charge in [0.25, 0.3) is 10.0 Å². The van der Waals surface area contributed by atoms with Crippen LogP contribution < -0.4 is 10.0 Å². The Bertz CT molecular complexity index is 1170. The SMILES string of the molecule is C=C(C)c1ccc(S(=O)(=O)Nc2cc(N[C@H](C)CO)nc(SCc3ccccc3)n2)cc1. The Morgan fingerprint density at radius 2 is 1.75 bits per heavy atom. The van der Waals surface area contributed by atoms with Gasteiger partial charge in [0.05, 0.1) is 11.5 Å². The minimum atomic E-state index is -3.85. The van der Waals surface area contributed by atoms with E-state index in [0.29, 0.717) is 16.7 Å². The van der Waals surface area contributed by atoms with Gasteiger partial charge in [-0.25, -0.2) is 18.4 Å². The van der Waals surface area contributed by atoms with Crippen molar-refractivity contribution < 1.29 is 13.5 Å². The Labute approximate surface area is 193 Å². The number of hydrogen-bond acceptors (Lipinski definition) is 7. The van der Waals surface area contributed by atoms with Crippen LogP contribution in [-0.2, 0) is 15.8 Å². The minimum Gasteiger partial charge on any atom is -0.394 e. The van der Waals surface area contributed by atoms with Crippen molar-refractivity contribution in [1.29, 1.82) is 0 Å². The second kappa shape index (κ2) is 10.6. The quantitative estimate of drug-likeness (QED) is 0.298. The molecule has 9 heteroatoms. The smallest absolute Gasteiger partial charge is 0.263 e. The van der Waals surface area contributed by atoms with Crippen molar-refractivity contribution in [2.45, 2.75) is 35.7 Å². The number of thioether (sulfide) groups is 1. The van der Waals surface area contributed by atoms with Gasteiger partial charge in [-0.2, -0.15) is 0 Å². The number of sulfonamides is 1. The molecule has 7 nitrogen and oxygen atoms in total. The van der Waals surface area contributed by atoms with Crippen LogP contribution >= 0.6 is 11.8 Å². The molecule has 0 saturated heterocycles. The second-order valence-corrected chi connectivity index (χ2v) is 9.96. The maximum absolute atomic E-state index is 12.9. The molecule has 0 bridgehead atoms. The molecule has 0 aliphatic rings. The van der Waals surface area contributed by atoms with Gasteiger partial charge >= 0.3 is 0 Å². The molecule has 0 unspecified atom stereocenters. The lowest BCUT2D eigenvalue weighted by molar-refractivity contribution is 0.281. The first-order chi connectivity index (χ1) is 15.3. The lowest BCUT2D eigenvalue weighted by Crippen LogP contribution is -2.21. The summed E-state index contributed by atoms with van der Waals surface area (Å²) in [5.41, 5.74) is 2.82. The Kier molecular flexibility index (Phi) is 7.89. The summed E-state index contributed by atoms with van der Waals surface area (Å²) in [6.45, 7) is 7.43. The molecule has 0 aliphatic carbocycles. The molecule has 32 heavy (non-hydrogen) atoms. The van der Waals surface area contributed by atoms with Gasteiger partial charge < -0.3 is 10.4 Å². The number of aliphatic hydroxyl groups excluding tert-OH is 1. The van der Waals surface area contributed by atoms with Gasteiger partial charge in [-0.05, 0) is 37.1 Å². The number of hydrogen-bond donors (Lipinski definition) is 3. The Hall–Kier alpha value is -2.88.